The van der Waals surface area contributed by atoms with E-state index in [0.717, 1.165) is 0 Å². The van der Waals surface area contributed by atoms with Gasteiger partial charge >= 0.3 is 0 Å². The Morgan fingerprint density at radius 2 is 0.763 bits per heavy atom. The van der Waals surface area contributed by atoms with Gasteiger partial charge in [-0.25, -0.2) is 0 Å². The van der Waals surface area contributed by atoms with Crippen LogP contribution in [0.25, 0.3) is 0 Å². The van der Waals surface area contributed by atoms with Gasteiger partial charge in [-0.1, -0.05) is 71.7 Å². The van der Waals surface area contributed by atoms with Crippen LogP contribution in [0.2, 0.25) is 10.0 Å². The number of hydrogen-bond donors (Lipinski definition) is 0. The van der Waals surface area contributed by atoms with Crippen LogP contribution < -0.4 is 0 Å². The molecule has 4 aromatic rings. The highest BCUT2D eigenvalue weighted by molar-refractivity contribution is 6.35. The van der Waals surface area contributed by atoms with Crippen LogP contribution in [-0.2, 0) is 17.6 Å². The van der Waals surface area contributed by atoms with Crippen LogP contribution in [0.15, 0.2) is 72.8 Å². The molecule has 0 saturated heterocycles. The van der Waals surface area contributed by atoms with Crippen molar-refractivity contribution in [3.8, 4) is 0 Å². The molecule has 0 atom stereocenters. The lowest BCUT2D eigenvalue weighted by atomic mass is 9.82. The summed E-state index contributed by atoms with van der Waals surface area (Å²) in [5, 5.41) is 0.401. The quantitative estimate of drug-likeness (QED) is 0.279. The lowest BCUT2D eigenvalue weighted by Crippen LogP contribution is -2.22. The zero-order valence-electron chi connectivity index (χ0n) is 19.6. The maximum Gasteiger partial charge on any atom is 0.194 e. The van der Waals surface area contributed by atoms with Gasteiger partial charge in [0.15, 0.2) is 23.1 Å². The average molecular weight is 539 g/mol. The largest absolute Gasteiger partial charge is 0.299 e. The predicted octanol–water partition coefficient (Wildman–Crippen LogP) is 5.90. The molecular formula is C31H16Cl2O5. The SMILES string of the molecule is O=C(Cc1cc2c(cc1Cl)C(=O)c1ccccc1C2=O)Cc1cc2c(cc1Cl)C(=O)c1ccccc1C2=O. The average Bonchev–Trinajstić information content (AvgIpc) is 2.92. The Morgan fingerprint density at radius 1 is 0.474 bits per heavy atom. The summed E-state index contributed by atoms with van der Waals surface area (Å²) in [6.45, 7) is 0. The first-order chi connectivity index (χ1) is 18.2. The molecule has 0 aromatic heterocycles. The summed E-state index contributed by atoms with van der Waals surface area (Å²) >= 11 is 12.9. The summed E-state index contributed by atoms with van der Waals surface area (Å²) < 4.78 is 0. The molecule has 0 bridgehead atoms. The number of benzene rings is 4. The minimum absolute atomic E-state index is 0.113. The van der Waals surface area contributed by atoms with Crippen LogP contribution >= 0.6 is 23.2 Å². The van der Waals surface area contributed by atoms with Gasteiger partial charge in [-0.05, 0) is 35.4 Å². The summed E-state index contributed by atoms with van der Waals surface area (Å²) in [5.74, 6) is -1.46. The standard InChI is InChI=1S/C31H16Cl2O5/c32-26-13-24-22(28(35)18-5-1-3-7-20(18)30(24)37)11-15(26)9-17(34)10-16-12-23-25(14-27(16)33)31(38)21-8-4-2-6-19(21)29(23)36/h1-8,11-14H,9-10H2. The third-order valence-corrected chi connectivity index (χ3v) is 7.66. The molecule has 0 fully saturated rings. The van der Waals surface area contributed by atoms with Crippen molar-refractivity contribution in [1.29, 1.82) is 0 Å². The Balaban J connectivity index is 1.29. The molecule has 2 aliphatic carbocycles. The third-order valence-electron chi connectivity index (χ3n) is 6.96. The molecule has 0 amide bonds. The van der Waals surface area contributed by atoms with Gasteiger partial charge in [-0.2, -0.15) is 0 Å². The second-order valence-electron chi connectivity index (χ2n) is 9.28. The Hall–Kier alpha value is -4.19. The molecule has 7 heteroatoms. The van der Waals surface area contributed by atoms with E-state index < -0.39 is 0 Å². The van der Waals surface area contributed by atoms with E-state index >= 15 is 0 Å². The first-order valence-electron chi connectivity index (χ1n) is 11.8. The van der Waals surface area contributed by atoms with E-state index in [1.807, 2.05) is 0 Å². The molecule has 0 unspecified atom stereocenters. The monoisotopic (exact) mass is 538 g/mol. The van der Waals surface area contributed by atoms with E-state index in [-0.39, 0.29) is 74.1 Å². The molecule has 2 aliphatic rings. The van der Waals surface area contributed by atoms with Gasteiger partial charge in [-0.15, -0.1) is 0 Å². The van der Waals surface area contributed by atoms with Gasteiger partial charge in [-0.3, -0.25) is 24.0 Å². The fourth-order valence-electron chi connectivity index (χ4n) is 5.08. The minimum atomic E-state index is -0.304. The van der Waals surface area contributed by atoms with Crippen molar-refractivity contribution in [2.45, 2.75) is 12.8 Å². The van der Waals surface area contributed by atoms with Crippen LogP contribution in [0, 0.1) is 0 Å². The first-order valence-corrected chi connectivity index (χ1v) is 12.5. The third kappa shape index (κ3) is 3.74. The van der Waals surface area contributed by atoms with Gasteiger partial charge in [0.1, 0.15) is 5.78 Å². The molecule has 0 aliphatic heterocycles. The van der Waals surface area contributed by atoms with E-state index in [9.17, 15) is 24.0 Å². The molecule has 6 rings (SSSR count). The van der Waals surface area contributed by atoms with Gasteiger partial charge < -0.3 is 0 Å². The van der Waals surface area contributed by atoms with Crippen molar-refractivity contribution in [3.05, 3.63) is 138 Å². The van der Waals surface area contributed by atoms with Gasteiger partial charge in [0, 0.05) is 67.4 Å². The highest BCUT2D eigenvalue weighted by Crippen LogP contribution is 2.33. The van der Waals surface area contributed by atoms with E-state index in [4.69, 9.17) is 23.2 Å². The summed E-state index contributed by atoms with van der Waals surface area (Å²) in [4.78, 5) is 65.1. The van der Waals surface area contributed by atoms with Crippen molar-refractivity contribution in [2.75, 3.05) is 0 Å². The zero-order chi connectivity index (χ0) is 26.7. The van der Waals surface area contributed by atoms with Crippen LogP contribution in [-0.4, -0.2) is 28.9 Å². The van der Waals surface area contributed by atoms with E-state index in [0.29, 0.717) is 33.4 Å². The number of rotatable bonds is 4. The maximum atomic E-state index is 13.1. The van der Waals surface area contributed by atoms with Crippen molar-refractivity contribution in [2.24, 2.45) is 0 Å². The molecule has 4 aromatic carbocycles. The van der Waals surface area contributed by atoms with Crippen molar-refractivity contribution in [3.63, 3.8) is 0 Å². The number of fused-ring (bicyclic) bond motifs is 4. The second-order valence-corrected chi connectivity index (χ2v) is 10.1. The molecular weight excluding hydrogens is 523 g/mol. The lowest BCUT2D eigenvalue weighted by Gasteiger charge is -2.19. The summed E-state index contributed by atoms with van der Waals surface area (Å²) in [5.41, 5.74) is 2.90. The Morgan fingerprint density at radius 3 is 1.08 bits per heavy atom. The topological polar surface area (TPSA) is 85.3 Å². The van der Waals surface area contributed by atoms with Crippen LogP contribution in [0.1, 0.15) is 74.8 Å². The smallest absolute Gasteiger partial charge is 0.194 e. The van der Waals surface area contributed by atoms with Crippen molar-refractivity contribution in [1.82, 2.24) is 0 Å². The Labute approximate surface area is 227 Å². The molecule has 0 spiro atoms. The van der Waals surface area contributed by atoms with Crippen LogP contribution in [0.3, 0.4) is 0 Å². The Kier molecular flexibility index (Phi) is 5.71. The zero-order valence-corrected chi connectivity index (χ0v) is 21.2. The number of ketones is 5. The van der Waals surface area contributed by atoms with Gasteiger partial charge in [0.05, 0.1) is 0 Å². The number of Topliss-reactive ketones (excluding diaryl/α,β-unsaturated/α-hetero) is 1. The second kappa shape index (κ2) is 8.98. The number of carbonyl (C=O) groups is 5. The van der Waals surface area contributed by atoms with Crippen LogP contribution in [0.5, 0.6) is 0 Å². The molecule has 184 valence electrons. The molecule has 5 nitrogen and oxygen atoms in total. The summed E-state index contributed by atoms with van der Waals surface area (Å²) in [7, 11) is 0. The fourth-order valence-corrected chi connectivity index (χ4v) is 5.55. The number of halogens is 2. The highest BCUT2D eigenvalue weighted by atomic mass is 35.5. The van der Waals surface area contributed by atoms with Crippen molar-refractivity contribution < 1.29 is 24.0 Å². The normalized spacial score (nSPS) is 13.5. The first kappa shape index (κ1) is 24.2. The highest BCUT2D eigenvalue weighted by Gasteiger charge is 2.32. The predicted molar refractivity (Wildman–Crippen MR) is 142 cm³/mol. The van der Waals surface area contributed by atoms with E-state index in [1.54, 1.807) is 48.5 Å². The molecule has 0 radical (unpaired) electrons. The molecule has 0 saturated carbocycles. The summed E-state index contributed by atoms with van der Waals surface area (Å²) in [6, 6.07) is 19.0. The van der Waals surface area contributed by atoms with Crippen molar-refractivity contribution >= 4 is 52.1 Å². The van der Waals surface area contributed by atoms with Gasteiger partial charge in [0.2, 0.25) is 0 Å². The Bertz CT molecular complexity index is 1650. The van der Waals surface area contributed by atoms with Gasteiger partial charge in [0.25, 0.3) is 0 Å². The van der Waals surface area contributed by atoms with E-state index in [2.05, 4.69) is 0 Å². The number of carbonyl (C=O) groups excluding carboxylic acids is 5. The van der Waals surface area contributed by atoms with E-state index in [1.165, 1.54) is 24.3 Å². The molecule has 0 N–H and O–H groups in total. The summed E-state index contributed by atoms with van der Waals surface area (Å²) in [6.07, 6.45) is -0.225. The fraction of sp³-hybridized carbons (Fsp3) is 0.0645. The van der Waals surface area contributed by atoms with Crippen LogP contribution in [0.4, 0.5) is 0 Å². The molecule has 0 heterocycles. The lowest BCUT2D eigenvalue weighted by molar-refractivity contribution is -0.117. The number of hydrogen-bond acceptors (Lipinski definition) is 5. The maximum absolute atomic E-state index is 13.1. The minimum Gasteiger partial charge on any atom is -0.299 e. The molecule has 38 heavy (non-hydrogen) atoms.